The zero-order valence-corrected chi connectivity index (χ0v) is 15.0. The first-order chi connectivity index (χ1) is 12.4. The second kappa shape index (κ2) is 6.84. The quantitative estimate of drug-likeness (QED) is 0.288. The number of thioether (sulfide) groups is 1. The molecule has 3 saturated heterocycles. The number of hydrogen-bond acceptors (Lipinski definition) is 8. The van der Waals surface area contributed by atoms with E-state index < -0.39 is 49.3 Å². The largest absolute Gasteiger partial charge is 0.524 e. The first kappa shape index (κ1) is 20.8. The van der Waals surface area contributed by atoms with Crippen molar-refractivity contribution in [1.29, 1.82) is 0 Å². The summed E-state index contributed by atoms with van der Waals surface area (Å²) in [5.41, 5.74) is -8.99. The fourth-order valence-electron chi connectivity index (χ4n) is 3.40. The van der Waals surface area contributed by atoms with Crippen molar-refractivity contribution in [2.24, 2.45) is 11.3 Å². The monoisotopic (exact) mass is 442 g/mol. The van der Waals surface area contributed by atoms with Crippen LogP contribution in [0.25, 0.3) is 0 Å². The van der Waals surface area contributed by atoms with Gasteiger partial charge in [-0.05, 0) is 11.7 Å². The lowest BCUT2D eigenvalue weighted by Crippen LogP contribution is -2.67. The highest BCUT2D eigenvalue weighted by Gasteiger charge is 2.60. The van der Waals surface area contributed by atoms with E-state index in [1.807, 2.05) is 0 Å². The number of alkyl halides is 4. The number of halogens is 5. The van der Waals surface area contributed by atoms with Crippen molar-refractivity contribution >= 4 is 28.0 Å². The molecule has 1 amide bonds. The number of nitrogens with one attached hydrogen (secondary N) is 1. The Balaban J connectivity index is 1.90. The Labute approximate surface area is 154 Å². The van der Waals surface area contributed by atoms with Gasteiger partial charge in [-0.2, -0.15) is 25.9 Å². The summed E-state index contributed by atoms with van der Waals surface area (Å²) < 4.78 is 92.0. The van der Waals surface area contributed by atoms with Gasteiger partial charge in [0.1, 0.15) is 5.37 Å². The molecule has 0 aromatic rings. The second-order valence-corrected chi connectivity index (χ2v) is 9.10. The van der Waals surface area contributed by atoms with Crippen LogP contribution in [0.3, 0.4) is 0 Å². The van der Waals surface area contributed by atoms with Crippen molar-refractivity contribution in [2.45, 2.75) is 22.9 Å². The Morgan fingerprint density at radius 1 is 1.33 bits per heavy atom. The molecule has 0 bridgehead atoms. The molecule has 9 nitrogen and oxygen atoms in total. The number of carbonyl (C=O) groups is 1. The van der Waals surface area contributed by atoms with Crippen LogP contribution in [0, 0.1) is 11.3 Å². The molecule has 0 saturated carbocycles. The number of rotatable bonds is 3. The minimum atomic E-state index is -6.25. The molecular weight excluding hydrogens is 427 g/mol. The zero-order valence-electron chi connectivity index (χ0n) is 13.4. The Morgan fingerprint density at radius 2 is 1.96 bits per heavy atom. The summed E-state index contributed by atoms with van der Waals surface area (Å²) in [6.07, 6.45) is -0.994. The fraction of sp³-hybridized carbons (Fsp3) is 0.909. The van der Waals surface area contributed by atoms with Crippen LogP contribution in [0.15, 0.2) is 0 Å². The van der Waals surface area contributed by atoms with Crippen LogP contribution in [-0.2, 0) is 14.4 Å². The summed E-state index contributed by atoms with van der Waals surface area (Å²) >= 11 is 0.211. The highest BCUT2D eigenvalue weighted by atomic mass is 32.2. The van der Waals surface area contributed by atoms with Gasteiger partial charge in [0.25, 0.3) is 0 Å². The highest BCUT2D eigenvalue weighted by Crippen LogP contribution is 2.51. The van der Waals surface area contributed by atoms with E-state index in [4.69, 9.17) is 0 Å². The third-order valence-electron chi connectivity index (χ3n) is 4.94. The summed E-state index contributed by atoms with van der Waals surface area (Å²) in [7, 11) is -6.25. The van der Waals surface area contributed by atoms with Gasteiger partial charge in [0.05, 0.1) is 0 Å². The normalized spacial score (nSPS) is 32.6. The van der Waals surface area contributed by atoms with E-state index >= 15 is 0 Å². The summed E-state index contributed by atoms with van der Waals surface area (Å²) in [6, 6.07) is 0. The highest BCUT2D eigenvalue weighted by molar-refractivity contribution is 8.00. The minimum Gasteiger partial charge on any atom is -0.465 e. The molecule has 3 aliphatic heterocycles. The van der Waals surface area contributed by atoms with Gasteiger partial charge < -0.3 is 15.3 Å². The maximum Gasteiger partial charge on any atom is 0.524 e. The third kappa shape index (κ3) is 3.57. The molecule has 156 valence electrons. The lowest BCUT2D eigenvalue weighted by Gasteiger charge is -2.55. The molecule has 1 spiro atoms. The predicted molar refractivity (Wildman–Crippen MR) is 80.1 cm³/mol. The minimum absolute atomic E-state index is 0.144. The molecule has 16 heteroatoms. The Morgan fingerprint density at radius 3 is 2.44 bits per heavy atom. The molecular formula is C11H15F5N4O5S2. The molecule has 3 fully saturated rings. The van der Waals surface area contributed by atoms with Gasteiger partial charge in [-0.1, -0.05) is 16.9 Å². The SMILES string of the molecule is O=C(O)N1CCC2(CNC2)C(C2SC(F)N(F)N2OS(=O)(=O)C(F)(F)F)C1. The van der Waals surface area contributed by atoms with Gasteiger partial charge >= 0.3 is 21.7 Å². The van der Waals surface area contributed by atoms with Crippen LogP contribution < -0.4 is 5.32 Å². The molecule has 3 unspecified atom stereocenters. The smallest absolute Gasteiger partial charge is 0.465 e. The van der Waals surface area contributed by atoms with Gasteiger partial charge in [0, 0.05) is 37.5 Å². The number of hydrazine groups is 1. The van der Waals surface area contributed by atoms with Crippen molar-refractivity contribution in [3.8, 4) is 0 Å². The molecule has 0 aromatic carbocycles. The lowest BCUT2D eigenvalue weighted by molar-refractivity contribution is -0.328. The zero-order chi connectivity index (χ0) is 20.2. The van der Waals surface area contributed by atoms with Crippen molar-refractivity contribution < 1.29 is 44.6 Å². The van der Waals surface area contributed by atoms with Crippen molar-refractivity contribution in [1.82, 2.24) is 20.6 Å². The molecule has 3 atom stereocenters. The molecule has 27 heavy (non-hydrogen) atoms. The number of hydrogen-bond donors (Lipinski definition) is 2. The number of hydroxylamine groups is 1. The third-order valence-corrected chi connectivity index (χ3v) is 7.04. The van der Waals surface area contributed by atoms with E-state index in [1.54, 1.807) is 0 Å². The first-order valence-electron chi connectivity index (χ1n) is 7.61. The van der Waals surface area contributed by atoms with Gasteiger partial charge in [-0.15, -0.1) is 4.48 Å². The molecule has 0 aromatic heterocycles. The van der Waals surface area contributed by atoms with E-state index in [0.717, 1.165) is 4.90 Å². The van der Waals surface area contributed by atoms with Crippen LogP contribution in [0.2, 0.25) is 0 Å². The summed E-state index contributed by atoms with van der Waals surface area (Å²) in [5.74, 6) is -0.879. The average Bonchev–Trinajstić information content (AvgIpc) is 2.79. The lowest BCUT2D eigenvalue weighted by atomic mass is 9.66. The van der Waals surface area contributed by atoms with Crippen molar-refractivity contribution in [3.05, 3.63) is 0 Å². The second-order valence-electron chi connectivity index (χ2n) is 6.44. The Bertz CT molecular complexity index is 706. The molecule has 2 N–H and O–H groups in total. The Kier molecular flexibility index (Phi) is 5.26. The van der Waals surface area contributed by atoms with Crippen molar-refractivity contribution in [3.63, 3.8) is 0 Å². The van der Waals surface area contributed by atoms with Crippen LogP contribution >= 0.6 is 11.8 Å². The number of likely N-dealkylation sites (tertiary alicyclic amines) is 1. The van der Waals surface area contributed by atoms with Crippen molar-refractivity contribution in [2.75, 3.05) is 26.2 Å². The number of amides is 1. The van der Waals surface area contributed by atoms with E-state index in [9.17, 15) is 40.4 Å². The van der Waals surface area contributed by atoms with Gasteiger partial charge in [0.2, 0.25) is 5.63 Å². The molecule has 3 rings (SSSR count). The summed E-state index contributed by atoms with van der Waals surface area (Å²) in [4.78, 5) is 12.2. The van der Waals surface area contributed by atoms with Crippen LogP contribution in [0.4, 0.5) is 26.8 Å². The fourth-order valence-corrected chi connectivity index (χ4v) is 5.12. The molecule has 0 aliphatic carbocycles. The summed E-state index contributed by atoms with van der Waals surface area (Å²) in [6.45, 7) is 0.614. The maximum atomic E-state index is 14.0. The van der Waals surface area contributed by atoms with E-state index in [0.29, 0.717) is 19.5 Å². The molecule has 3 aliphatic rings. The maximum absolute atomic E-state index is 14.0. The van der Waals surface area contributed by atoms with Crippen LogP contribution in [0.1, 0.15) is 6.42 Å². The molecule has 0 radical (unpaired) electrons. The number of piperidine rings is 1. The van der Waals surface area contributed by atoms with E-state index in [2.05, 4.69) is 9.60 Å². The standard InChI is InChI=1S/C11H15F5N4O5S2/c12-8-19(16)20(25-27(23,24)11(13,14)15)7(26-8)6-3-18(9(21)22)2-1-10(6)4-17-5-10/h6-8,17H,1-5H2,(H,21,22). The Hall–Kier alpha value is -0.940. The predicted octanol–water partition coefficient (Wildman–Crippen LogP) is 1.09. The first-order valence-corrected chi connectivity index (χ1v) is 9.96. The average molecular weight is 442 g/mol. The van der Waals surface area contributed by atoms with E-state index in [-0.39, 0.29) is 30.0 Å². The number of carboxylic acid groups (broad SMARTS) is 1. The summed E-state index contributed by atoms with van der Waals surface area (Å²) in [5, 5.41) is 9.43. The molecule has 3 heterocycles. The van der Waals surface area contributed by atoms with Crippen LogP contribution in [-0.4, -0.2) is 77.6 Å². The van der Waals surface area contributed by atoms with Gasteiger partial charge in [0.15, 0.2) is 0 Å². The topological polar surface area (TPSA) is 102 Å². The van der Waals surface area contributed by atoms with Gasteiger partial charge in [-0.25, -0.2) is 9.18 Å². The van der Waals surface area contributed by atoms with E-state index in [1.165, 1.54) is 0 Å². The van der Waals surface area contributed by atoms with Gasteiger partial charge in [-0.3, -0.25) is 0 Å². The van der Waals surface area contributed by atoms with Crippen LogP contribution in [0.5, 0.6) is 0 Å². The number of nitrogens with zero attached hydrogens (tertiary/aromatic N) is 3.